The van der Waals surface area contributed by atoms with E-state index in [9.17, 15) is 18.0 Å². The molecule has 1 N–H and O–H groups in total. The fourth-order valence-corrected chi connectivity index (χ4v) is 3.96. The van der Waals surface area contributed by atoms with Gasteiger partial charge < -0.3 is 14.8 Å². The summed E-state index contributed by atoms with van der Waals surface area (Å²) in [6.07, 6.45) is 0.760. The van der Waals surface area contributed by atoms with Crippen molar-refractivity contribution in [3.63, 3.8) is 0 Å². The lowest BCUT2D eigenvalue weighted by Crippen LogP contribution is -2.29. The second-order valence-corrected chi connectivity index (χ2v) is 8.55. The van der Waals surface area contributed by atoms with Gasteiger partial charge in [0.05, 0.1) is 12.7 Å². The Balaban J connectivity index is 2.22. The molecule has 8 nitrogen and oxygen atoms in total. The predicted molar refractivity (Wildman–Crippen MR) is 112 cm³/mol. The summed E-state index contributed by atoms with van der Waals surface area (Å²) in [6.45, 7) is 2.09. The molecule has 2 aromatic rings. The third kappa shape index (κ3) is 6.04. The molecule has 0 heterocycles. The third-order valence-corrected chi connectivity index (χ3v) is 6.07. The number of benzene rings is 2. The van der Waals surface area contributed by atoms with Crippen molar-refractivity contribution in [2.45, 2.75) is 24.8 Å². The lowest BCUT2D eigenvalue weighted by molar-refractivity contribution is -0.124. The number of esters is 1. The molecule has 2 rings (SSSR count). The van der Waals surface area contributed by atoms with Crippen LogP contribution in [0.15, 0.2) is 53.4 Å². The van der Waals surface area contributed by atoms with Crippen LogP contribution in [0.1, 0.15) is 29.3 Å². The van der Waals surface area contributed by atoms with Gasteiger partial charge in [0.1, 0.15) is 10.6 Å². The van der Waals surface area contributed by atoms with Gasteiger partial charge in [0.2, 0.25) is 10.0 Å². The van der Waals surface area contributed by atoms with Gasteiger partial charge in [-0.2, -0.15) is 4.31 Å². The van der Waals surface area contributed by atoms with E-state index in [1.165, 1.54) is 36.7 Å². The molecule has 0 fully saturated rings. The van der Waals surface area contributed by atoms with Crippen LogP contribution in [0.2, 0.25) is 0 Å². The van der Waals surface area contributed by atoms with Crippen molar-refractivity contribution in [1.29, 1.82) is 0 Å². The molecule has 0 saturated carbocycles. The molecule has 9 heteroatoms. The maximum absolute atomic E-state index is 13.1. The van der Waals surface area contributed by atoms with Crippen LogP contribution in [0.25, 0.3) is 0 Å². The Hall–Kier alpha value is -2.91. The maximum Gasteiger partial charge on any atom is 0.338 e. The molecule has 30 heavy (non-hydrogen) atoms. The summed E-state index contributed by atoms with van der Waals surface area (Å²) in [6, 6.07) is 13.1. The number of sulfonamides is 1. The first-order chi connectivity index (χ1) is 14.3. The summed E-state index contributed by atoms with van der Waals surface area (Å²) < 4.78 is 37.6. The quantitative estimate of drug-likeness (QED) is 0.575. The van der Waals surface area contributed by atoms with Gasteiger partial charge >= 0.3 is 5.97 Å². The van der Waals surface area contributed by atoms with Crippen LogP contribution in [0.5, 0.6) is 5.75 Å². The van der Waals surface area contributed by atoms with E-state index in [0.717, 1.165) is 12.0 Å². The van der Waals surface area contributed by atoms with E-state index in [4.69, 9.17) is 9.47 Å². The van der Waals surface area contributed by atoms with Crippen LogP contribution in [-0.2, 0) is 26.1 Å². The van der Waals surface area contributed by atoms with Crippen molar-refractivity contribution in [1.82, 2.24) is 9.62 Å². The summed E-state index contributed by atoms with van der Waals surface area (Å²) in [5, 5.41) is 2.59. The van der Waals surface area contributed by atoms with Crippen LogP contribution in [-0.4, -0.2) is 51.9 Å². The lowest BCUT2D eigenvalue weighted by atomic mass is 10.2. The van der Waals surface area contributed by atoms with E-state index < -0.39 is 28.5 Å². The van der Waals surface area contributed by atoms with Gasteiger partial charge in [0.15, 0.2) is 6.61 Å². The smallest absolute Gasteiger partial charge is 0.338 e. The number of carbonyl (C=O) groups excluding carboxylic acids is 2. The number of methoxy groups -OCH3 is 1. The Bertz CT molecular complexity index is 976. The van der Waals surface area contributed by atoms with Gasteiger partial charge in [0.25, 0.3) is 5.91 Å². The molecule has 0 aromatic heterocycles. The van der Waals surface area contributed by atoms with Crippen molar-refractivity contribution in [3.05, 3.63) is 59.7 Å². The van der Waals surface area contributed by atoms with Gasteiger partial charge in [-0.3, -0.25) is 4.79 Å². The Kier molecular flexibility index (Phi) is 8.37. The summed E-state index contributed by atoms with van der Waals surface area (Å²) >= 11 is 0. The third-order valence-electron chi connectivity index (χ3n) is 4.24. The summed E-state index contributed by atoms with van der Waals surface area (Å²) in [7, 11) is -1.16. The number of amides is 1. The van der Waals surface area contributed by atoms with E-state index >= 15 is 0 Å². The SMILES string of the molecule is CCCNC(=O)COC(=O)c1ccc(OC)c(S(=O)(=O)N(C)Cc2ccccc2)c1. The van der Waals surface area contributed by atoms with Crippen LogP contribution in [0.4, 0.5) is 0 Å². The number of nitrogens with zero attached hydrogens (tertiary/aromatic N) is 1. The topological polar surface area (TPSA) is 102 Å². The number of hydrogen-bond donors (Lipinski definition) is 1. The summed E-state index contributed by atoms with van der Waals surface area (Å²) in [5.74, 6) is -1.12. The minimum atomic E-state index is -3.96. The zero-order valence-electron chi connectivity index (χ0n) is 17.3. The first-order valence-electron chi connectivity index (χ1n) is 9.41. The molecule has 0 aliphatic heterocycles. The second kappa shape index (κ2) is 10.7. The average molecular weight is 435 g/mol. The second-order valence-electron chi connectivity index (χ2n) is 6.54. The van der Waals surface area contributed by atoms with Gasteiger partial charge in [-0.05, 0) is 30.2 Å². The molecule has 0 bridgehead atoms. The largest absolute Gasteiger partial charge is 0.495 e. The van der Waals surface area contributed by atoms with Crippen LogP contribution in [0, 0.1) is 0 Å². The van der Waals surface area contributed by atoms with Gasteiger partial charge in [0, 0.05) is 20.1 Å². The van der Waals surface area contributed by atoms with Crippen LogP contribution in [0.3, 0.4) is 0 Å². The van der Waals surface area contributed by atoms with Crippen molar-refractivity contribution in [2.24, 2.45) is 0 Å². The number of ether oxygens (including phenoxy) is 2. The average Bonchev–Trinajstić information content (AvgIpc) is 2.76. The van der Waals surface area contributed by atoms with E-state index in [2.05, 4.69) is 5.32 Å². The minimum absolute atomic E-state index is 0.00535. The standard InChI is InChI=1S/C21H26N2O6S/c1-4-12-22-20(24)15-29-21(25)17-10-11-18(28-3)19(13-17)30(26,27)23(2)14-16-8-6-5-7-9-16/h5-11,13H,4,12,14-15H2,1-3H3,(H,22,24). The monoisotopic (exact) mass is 434 g/mol. The molecule has 0 spiro atoms. The van der Waals surface area contributed by atoms with Crippen LogP contribution < -0.4 is 10.1 Å². The molecule has 162 valence electrons. The summed E-state index contributed by atoms with van der Waals surface area (Å²) in [5.41, 5.74) is 0.821. The zero-order chi connectivity index (χ0) is 22.1. The fraction of sp³-hybridized carbons (Fsp3) is 0.333. The van der Waals surface area contributed by atoms with E-state index in [1.54, 1.807) is 0 Å². The molecule has 0 aliphatic carbocycles. The van der Waals surface area contributed by atoms with Crippen molar-refractivity contribution < 1.29 is 27.5 Å². The van der Waals surface area contributed by atoms with Crippen molar-refractivity contribution in [2.75, 3.05) is 27.3 Å². The van der Waals surface area contributed by atoms with Crippen molar-refractivity contribution in [3.8, 4) is 5.75 Å². The number of carbonyl (C=O) groups is 2. The molecule has 1 amide bonds. The zero-order valence-corrected chi connectivity index (χ0v) is 18.1. The van der Waals surface area contributed by atoms with Gasteiger partial charge in [-0.1, -0.05) is 37.3 Å². The molecular formula is C21H26N2O6S. The molecule has 2 aromatic carbocycles. The number of hydrogen-bond acceptors (Lipinski definition) is 6. The highest BCUT2D eigenvalue weighted by Gasteiger charge is 2.26. The molecular weight excluding hydrogens is 408 g/mol. The summed E-state index contributed by atoms with van der Waals surface area (Å²) in [4.78, 5) is 23.8. The highest BCUT2D eigenvalue weighted by atomic mass is 32.2. The molecule has 0 saturated heterocycles. The lowest BCUT2D eigenvalue weighted by Gasteiger charge is -2.19. The van der Waals surface area contributed by atoms with Crippen LogP contribution >= 0.6 is 0 Å². The predicted octanol–water partition coefficient (Wildman–Crippen LogP) is 2.20. The molecule has 0 atom stereocenters. The molecule has 0 aliphatic rings. The van der Waals surface area contributed by atoms with Gasteiger partial charge in [-0.25, -0.2) is 13.2 Å². The Morgan fingerprint density at radius 1 is 1.10 bits per heavy atom. The fourth-order valence-electron chi connectivity index (χ4n) is 2.63. The number of rotatable bonds is 10. The van der Waals surface area contributed by atoms with E-state index in [0.29, 0.717) is 6.54 Å². The maximum atomic E-state index is 13.1. The van der Waals surface area contributed by atoms with E-state index in [-0.39, 0.29) is 22.8 Å². The number of nitrogens with one attached hydrogen (secondary N) is 1. The Labute approximate surface area is 176 Å². The Morgan fingerprint density at radius 2 is 1.80 bits per heavy atom. The highest BCUT2D eigenvalue weighted by Crippen LogP contribution is 2.28. The first kappa shape index (κ1) is 23.4. The van der Waals surface area contributed by atoms with Crippen molar-refractivity contribution >= 4 is 21.9 Å². The normalized spacial score (nSPS) is 11.2. The van der Waals surface area contributed by atoms with Gasteiger partial charge in [-0.15, -0.1) is 0 Å². The van der Waals surface area contributed by atoms with E-state index in [1.807, 2.05) is 37.3 Å². The molecule has 0 unspecified atom stereocenters. The highest BCUT2D eigenvalue weighted by molar-refractivity contribution is 7.89. The minimum Gasteiger partial charge on any atom is -0.495 e. The first-order valence-corrected chi connectivity index (χ1v) is 10.9. The molecule has 0 radical (unpaired) electrons. The Morgan fingerprint density at radius 3 is 2.43 bits per heavy atom.